The summed E-state index contributed by atoms with van der Waals surface area (Å²) in [6, 6.07) is 9.52. The summed E-state index contributed by atoms with van der Waals surface area (Å²) < 4.78 is 1.70. The lowest BCUT2D eigenvalue weighted by Gasteiger charge is -2.17. The van der Waals surface area contributed by atoms with E-state index >= 15 is 0 Å². The molecule has 142 valence electrons. The topological polar surface area (TPSA) is 59.3 Å². The molecule has 0 bridgehead atoms. The van der Waals surface area contributed by atoms with Crippen LogP contribution in [-0.2, 0) is 4.79 Å². The Hall–Kier alpha value is -1.76. The number of nitrogens with zero attached hydrogens (tertiary/aromatic N) is 3. The summed E-state index contributed by atoms with van der Waals surface area (Å²) >= 11 is 13.5. The summed E-state index contributed by atoms with van der Waals surface area (Å²) in [5.74, 6) is 0.273. The number of carbonyl (C=O) groups is 1. The van der Waals surface area contributed by atoms with E-state index in [1.54, 1.807) is 16.7 Å². The molecule has 1 aromatic carbocycles. The Bertz CT molecular complexity index is 975. The van der Waals surface area contributed by atoms with Crippen molar-refractivity contribution in [2.45, 2.75) is 43.5 Å². The van der Waals surface area contributed by atoms with Crippen LogP contribution in [0.15, 0.2) is 41.7 Å². The molecular formula is C19H20Cl2N4OS. The lowest BCUT2D eigenvalue weighted by molar-refractivity contribution is -0.115. The van der Waals surface area contributed by atoms with Gasteiger partial charge in [-0.2, -0.15) is 0 Å². The number of rotatable bonds is 6. The highest BCUT2D eigenvalue weighted by Crippen LogP contribution is 2.30. The number of amides is 1. The molecule has 0 saturated heterocycles. The summed E-state index contributed by atoms with van der Waals surface area (Å²) in [7, 11) is 0. The Balaban J connectivity index is 1.78. The van der Waals surface area contributed by atoms with Gasteiger partial charge in [-0.25, -0.2) is 0 Å². The minimum Gasteiger partial charge on any atom is -0.325 e. The van der Waals surface area contributed by atoms with Crippen LogP contribution in [0.3, 0.4) is 0 Å². The monoisotopic (exact) mass is 422 g/mol. The first-order valence-corrected chi connectivity index (χ1v) is 10.3. The normalized spacial score (nSPS) is 13.5. The maximum atomic E-state index is 12.7. The molecule has 0 aliphatic heterocycles. The van der Waals surface area contributed by atoms with Gasteiger partial charge in [0.25, 0.3) is 0 Å². The summed E-state index contributed by atoms with van der Waals surface area (Å²) in [4.78, 5) is 12.7. The molecule has 0 fully saturated rings. The molecule has 0 aliphatic carbocycles. The summed E-state index contributed by atoms with van der Waals surface area (Å²) in [6.45, 7) is 6.12. The number of fused-ring (bicyclic) bond motifs is 1. The number of anilines is 1. The van der Waals surface area contributed by atoms with E-state index in [2.05, 4.69) is 35.4 Å². The smallest absolute Gasteiger partial charge is 0.237 e. The number of carbonyl (C=O) groups excluding carboxylic acids is 1. The van der Waals surface area contributed by atoms with E-state index in [0.29, 0.717) is 26.8 Å². The van der Waals surface area contributed by atoms with Crippen LogP contribution < -0.4 is 5.32 Å². The van der Waals surface area contributed by atoms with Crippen LogP contribution in [0.2, 0.25) is 10.0 Å². The van der Waals surface area contributed by atoms with Crippen LogP contribution >= 0.6 is 35.0 Å². The number of benzene rings is 1. The van der Waals surface area contributed by atoms with Gasteiger partial charge in [0.2, 0.25) is 5.91 Å². The van der Waals surface area contributed by atoms with Crippen molar-refractivity contribution in [1.29, 1.82) is 0 Å². The maximum Gasteiger partial charge on any atom is 0.237 e. The number of hydrogen-bond donors (Lipinski definition) is 1. The predicted octanol–water partition coefficient (Wildman–Crippen LogP) is 5.67. The van der Waals surface area contributed by atoms with E-state index in [4.69, 9.17) is 23.2 Å². The van der Waals surface area contributed by atoms with Crippen molar-refractivity contribution in [3.05, 3.63) is 52.1 Å². The molecule has 1 N–H and O–H groups in total. The summed E-state index contributed by atoms with van der Waals surface area (Å²) in [6.07, 6.45) is 2.69. The molecule has 2 heterocycles. The van der Waals surface area contributed by atoms with Crippen LogP contribution in [0.5, 0.6) is 0 Å². The van der Waals surface area contributed by atoms with Gasteiger partial charge >= 0.3 is 0 Å². The Labute approximate surface area is 172 Å². The van der Waals surface area contributed by atoms with Gasteiger partial charge in [-0.15, -0.1) is 10.2 Å². The molecule has 3 rings (SSSR count). The highest BCUT2D eigenvalue weighted by molar-refractivity contribution is 8.00. The van der Waals surface area contributed by atoms with Gasteiger partial charge in [0.1, 0.15) is 0 Å². The first-order valence-electron chi connectivity index (χ1n) is 8.67. The highest BCUT2D eigenvalue weighted by atomic mass is 35.5. The zero-order valence-electron chi connectivity index (χ0n) is 15.2. The fourth-order valence-electron chi connectivity index (χ4n) is 2.69. The number of para-hydroxylation sites is 1. The Morgan fingerprint density at radius 3 is 2.74 bits per heavy atom. The predicted molar refractivity (Wildman–Crippen MR) is 112 cm³/mol. The standard InChI is InChI=1S/C19H20Cl2N4OS/c1-4-11(2)14-7-5-6-8-16(14)22-18(26)12(3)27-19-24-23-17-15(21)9-13(20)10-25(17)19/h5-12H,4H2,1-3H3,(H,22,26). The lowest BCUT2D eigenvalue weighted by atomic mass is 9.97. The first kappa shape index (κ1) is 20.0. The van der Waals surface area contributed by atoms with Gasteiger partial charge < -0.3 is 5.32 Å². The summed E-state index contributed by atoms with van der Waals surface area (Å²) in [5, 5.41) is 12.3. The third kappa shape index (κ3) is 4.39. The number of aromatic nitrogens is 3. The molecule has 2 unspecified atom stereocenters. The van der Waals surface area contributed by atoms with E-state index in [0.717, 1.165) is 17.7 Å². The van der Waals surface area contributed by atoms with Gasteiger partial charge in [-0.05, 0) is 37.0 Å². The molecule has 8 heteroatoms. The molecular weight excluding hydrogens is 403 g/mol. The van der Waals surface area contributed by atoms with Gasteiger partial charge in [0.15, 0.2) is 10.8 Å². The Kier molecular flexibility index (Phi) is 6.29. The van der Waals surface area contributed by atoms with E-state index in [1.165, 1.54) is 11.8 Å². The van der Waals surface area contributed by atoms with E-state index in [1.807, 2.05) is 25.1 Å². The van der Waals surface area contributed by atoms with Crippen molar-refractivity contribution in [2.75, 3.05) is 5.32 Å². The zero-order chi connectivity index (χ0) is 19.6. The average Bonchev–Trinajstić information content (AvgIpc) is 3.04. The average molecular weight is 423 g/mol. The third-order valence-electron chi connectivity index (χ3n) is 4.41. The SMILES string of the molecule is CCC(C)c1ccccc1NC(=O)C(C)Sc1nnc2c(Cl)cc(Cl)cn12. The Morgan fingerprint density at radius 1 is 1.26 bits per heavy atom. The number of pyridine rings is 1. The molecule has 0 saturated carbocycles. The van der Waals surface area contributed by atoms with Crippen LogP contribution in [0.25, 0.3) is 5.65 Å². The van der Waals surface area contributed by atoms with E-state index < -0.39 is 0 Å². The molecule has 2 atom stereocenters. The van der Waals surface area contributed by atoms with Crippen LogP contribution in [0.1, 0.15) is 38.7 Å². The molecule has 2 aromatic heterocycles. The van der Waals surface area contributed by atoms with E-state index in [9.17, 15) is 4.79 Å². The molecule has 5 nitrogen and oxygen atoms in total. The molecule has 1 amide bonds. The number of hydrogen-bond acceptors (Lipinski definition) is 4. The number of nitrogens with one attached hydrogen (secondary N) is 1. The largest absolute Gasteiger partial charge is 0.325 e. The molecule has 27 heavy (non-hydrogen) atoms. The van der Waals surface area contributed by atoms with Gasteiger partial charge in [-0.3, -0.25) is 9.20 Å². The van der Waals surface area contributed by atoms with Gasteiger partial charge in [-0.1, -0.05) is 67.0 Å². The fourth-order valence-corrected chi connectivity index (χ4v) is 4.02. The molecule has 0 spiro atoms. The second kappa shape index (κ2) is 8.50. The van der Waals surface area contributed by atoms with Gasteiger partial charge in [0.05, 0.1) is 15.3 Å². The summed E-state index contributed by atoms with van der Waals surface area (Å²) in [5.41, 5.74) is 2.50. The van der Waals surface area contributed by atoms with Crippen molar-refractivity contribution in [2.24, 2.45) is 0 Å². The third-order valence-corrected chi connectivity index (χ3v) is 5.95. The lowest BCUT2D eigenvalue weighted by Crippen LogP contribution is -2.23. The van der Waals surface area contributed by atoms with Crippen molar-refractivity contribution in [1.82, 2.24) is 14.6 Å². The Morgan fingerprint density at radius 2 is 2.00 bits per heavy atom. The quantitative estimate of drug-likeness (QED) is 0.519. The zero-order valence-corrected chi connectivity index (χ0v) is 17.6. The number of thioether (sulfide) groups is 1. The van der Waals surface area contributed by atoms with Crippen molar-refractivity contribution < 1.29 is 4.79 Å². The maximum absolute atomic E-state index is 12.7. The van der Waals surface area contributed by atoms with Crippen LogP contribution in [0, 0.1) is 0 Å². The van der Waals surface area contributed by atoms with Crippen LogP contribution in [-0.4, -0.2) is 25.8 Å². The molecule has 3 aromatic rings. The minimum atomic E-state index is -0.375. The van der Waals surface area contributed by atoms with Gasteiger partial charge in [0, 0.05) is 11.9 Å². The van der Waals surface area contributed by atoms with Crippen LogP contribution in [0.4, 0.5) is 5.69 Å². The first-order chi connectivity index (χ1) is 12.9. The molecule has 0 aliphatic rings. The van der Waals surface area contributed by atoms with Crippen molar-refractivity contribution in [3.63, 3.8) is 0 Å². The minimum absolute atomic E-state index is 0.0966. The highest BCUT2D eigenvalue weighted by Gasteiger charge is 2.20. The van der Waals surface area contributed by atoms with Crippen molar-refractivity contribution >= 4 is 52.2 Å². The molecule has 0 radical (unpaired) electrons. The fraction of sp³-hybridized carbons (Fsp3) is 0.316. The second-order valence-electron chi connectivity index (χ2n) is 6.33. The van der Waals surface area contributed by atoms with Crippen molar-refractivity contribution in [3.8, 4) is 0 Å². The number of halogens is 2. The second-order valence-corrected chi connectivity index (χ2v) is 8.48. The van der Waals surface area contributed by atoms with E-state index in [-0.39, 0.29) is 11.2 Å².